The molecule has 0 spiro atoms. The zero-order valence-corrected chi connectivity index (χ0v) is 8.13. The highest BCUT2D eigenvalue weighted by atomic mass is 16.5. The van der Waals surface area contributed by atoms with Crippen molar-refractivity contribution >= 4 is 5.82 Å². The molecule has 0 unspecified atom stereocenters. The van der Waals surface area contributed by atoms with Gasteiger partial charge in [-0.2, -0.15) is 4.73 Å². The molecule has 4 nitrogen and oxygen atoms in total. The summed E-state index contributed by atoms with van der Waals surface area (Å²) in [5, 5.41) is 14.0. The molecule has 0 amide bonds. The van der Waals surface area contributed by atoms with Crippen LogP contribution in [0, 0.1) is 5.21 Å². The maximum absolute atomic E-state index is 10.9. The first-order valence-corrected chi connectivity index (χ1v) is 4.67. The van der Waals surface area contributed by atoms with Gasteiger partial charge >= 0.3 is 0 Å². The molecule has 0 bridgehead atoms. The highest BCUT2D eigenvalue weighted by Gasteiger charge is 1.97. The molecular formula is C11H11N3O. The lowest BCUT2D eigenvalue weighted by Crippen LogP contribution is -2.25. The van der Waals surface area contributed by atoms with Crippen LogP contribution in [0.3, 0.4) is 0 Å². The number of benzene rings is 1. The summed E-state index contributed by atoms with van der Waals surface area (Å²) in [6.07, 6.45) is 4.23. The minimum absolute atomic E-state index is 0.580. The van der Waals surface area contributed by atoms with E-state index in [1.165, 1.54) is 18.6 Å². The quantitative estimate of drug-likeness (QED) is 0.602. The molecule has 0 atom stereocenters. The van der Waals surface area contributed by atoms with Crippen LogP contribution in [0.25, 0.3) is 0 Å². The van der Waals surface area contributed by atoms with Crippen molar-refractivity contribution in [2.45, 2.75) is 6.54 Å². The lowest BCUT2D eigenvalue weighted by atomic mass is 10.2. The third-order valence-electron chi connectivity index (χ3n) is 1.99. The van der Waals surface area contributed by atoms with Crippen LogP contribution in [-0.2, 0) is 6.54 Å². The summed E-state index contributed by atoms with van der Waals surface area (Å²) < 4.78 is 0.723. The molecule has 0 saturated heterocycles. The second-order valence-corrected chi connectivity index (χ2v) is 3.14. The number of aromatic nitrogens is 2. The Bertz CT molecular complexity index is 431. The number of nitrogens with one attached hydrogen (secondary N) is 1. The van der Waals surface area contributed by atoms with E-state index in [9.17, 15) is 5.21 Å². The summed E-state index contributed by atoms with van der Waals surface area (Å²) in [5.41, 5.74) is 1.15. The lowest BCUT2D eigenvalue weighted by Gasteiger charge is -2.04. The fraction of sp³-hybridized carbons (Fsp3) is 0.0909. The van der Waals surface area contributed by atoms with Crippen LogP contribution in [0.2, 0.25) is 0 Å². The van der Waals surface area contributed by atoms with Gasteiger partial charge in [0.1, 0.15) is 0 Å². The first-order chi connectivity index (χ1) is 7.34. The maximum atomic E-state index is 10.9. The highest BCUT2D eigenvalue weighted by molar-refractivity contribution is 5.30. The van der Waals surface area contributed by atoms with Crippen LogP contribution in [0.1, 0.15) is 5.56 Å². The largest absolute Gasteiger partial charge is 0.619 e. The Labute approximate surface area is 87.8 Å². The van der Waals surface area contributed by atoms with Crippen molar-refractivity contribution in [3.05, 3.63) is 59.7 Å². The average Bonchev–Trinajstić information content (AvgIpc) is 2.28. The summed E-state index contributed by atoms with van der Waals surface area (Å²) in [6.45, 7) is 0.665. The van der Waals surface area contributed by atoms with Gasteiger partial charge in [0.15, 0.2) is 12.0 Å². The average molecular weight is 201 g/mol. The second-order valence-electron chi connectivity index (χ2n) is 3.14. The van der Waals surface area contributed by atoms with Crippen molar-refractivity contribution < 1.29 is 4.73 Å². The van der Waals surface area contributed by atoms with E-state index < -0.39 is 0 Å². The molecule has 15 heavy (non-hydrogen) atoms. The topological polar surface area (TPSA) is 51.9 Å². The van der Waals surface area contributed by atoms with E-state index in [-0.39, 0.29) is 0 Å². The molecule has 0 aliphatic heterocycles. The van der Waals surface area contributed by atoms with Gasteiger partial charge in [-0.05, 0) is 5.56 Å². The number of hydrogen-bond donors (Lipinski definition) is 1. The Morgan fingerprint density at radius 2 is 2.07 bits per heavy atom. The monoisotopic (exact) mass is 201 g/mol. The summed E-state index contributed by atoms with van der Waals surface area (Å²) in [6, 6.07) is 9.95. The molecule has 1 heterocycles. The van der Waals surface area contributed by atoms with Gasteiger partial charge in [0.2, 0.25) is 6.20 Å². The molecule has 0 aliphatic rings. The van der Waals surface area contributed by atoms with E-state index in [4.69, 9.17) is 0 Å². The van der Waals surface area contributed by atoms with Gasteiger partial charge < -0.3 is 10.5 Å². The van der Waals surface area contributed by atoms with Gasteiger partial charge in [-0.3, -0.25) is 0 Å². The van der Waals surface area contributed by atoms with Gasteiger partial charge in [-0.25, -0.2) is 4.98 Å². The van der Waals surface area contributed by atoms with Gasteiger partial charge in [0.05, 0.1) is 6.20 Å². The van der Waals surface area contributed by atoms with Crippen molar-refractivity contribution in [1.82, 2.24) is 4.98 Å². The zero-order chi connectivity index (χ0) is 10.5. The normalized spacial score (nSPS) is 9.87. The van der Waals surface area contributed by atoms with Crippen LogP contribution < -0.4 is 10.0 Å². The molecule has 0 fully saturated rings. The standard InChI is InChI=1S/C11H11N3O/c15-14-7-6-12-11(9-14)13-8-10-4-2-1-3-5-10/h1-7,9H,8H2,(H,12,13). The molecule has 0 aliphatic carbocycles. The first-order valence-electron chi connectivity index (χ1n) is 4.67. The van der Waals surface area contributed by atoms with Gasteiger partial charge in [0, 0.05) is 6.54 Å². The van der Waals surface area contributed by atoms with Crippen molar-refractivity contribution in [3.63, 3.8) is 0 Å². The van der Waals surface area contributed by atoms with Crippen LogP contribution in [-0.4, -0.2) is 4.98 Å². The van der Waals surface area contributed by atoms with Gasteiger partial charge in [0.25, 0.3) is 0 Å². The lowest BCUT2D eigenvalue weighted by molar-refractivity contribution is -0.605. The van der Waals surface area contributed by atoms with Gasteiger partial charge in [-0.15, -0.1) is 0 Å². The Hall–Kier alpha value is -2.10. The molecular weight excluding hydrogens is 190 g/mol. The molecule has 76 valence electrons. The van der Waals surface area contributed by atoms with E-state index in [1.807, 2.05) is 30.3 Å². The number of rotatable bonds is 3. The molecule has 2 rings (SSSR count). The second kappa shape index (κ2) is 4.41. The summed E-state index contributed by atoms with van der Waals surface area (Å²) in [4.78, 5) is 4.02. The fourth-order valence-electron chi connectivity index (χ4n) is 1.26. The molecule has 1 aromatic heterocycles. The third-order valence-corrected chi connectivity index (χ3v) is 1.99. The Kier molecular flexibility index (Phi) is 2.78. The Balaban J connectivity index is 1.99. The minimum Gasteiger partial charge on any atom is -0.619 e. The number of nitrogens with zero attached hydrogens (tertiary/aromatic N) is 2. The van der Waals surface area contributed by atoms with Crippen LogP contribution >= 0.6 is 0 Å². The van der Waals surface area contributed by atoms with Crippen molar-refractivity contribution in [2.24, 2.45) is 0 Å². The number of hydrogen-bond acceptors (Lipinski definition) is 3. The Morgan fingerprint density at radius 3 is 2.80 bits per heavy atom. The molecule has 0 saturated carbocycles. The smallest absolute Gasteiger partial charge is 0.222 e. The Morgan fingerprint density at radius 1 is 1.27 bits per heavy atom. The van der Waals surface area contributed by atoms with Crippen molar-refractivity contribution in [1.29, 1.82) is 0 Å². The number of anilines is 1. The van der Waals surface area contributed by atoms with E-state index in [0.717, 1.165) is 10.3 Å². The first kappa shape index (κ1) is 9.45. The van der Waals surface area contributed by atoms with E-state index >= 15 is 0 Å². The van der Waals surface area contributed by atoms with Crippen molar-refractivity contribution in [3.8, 4) is 0 Å². The predicted molar refractivity (Wildman–Crippen MR) is 57.0 cm³/mol. The molecule has 4 heteroatoms. The van der Waals surface area contributed by atoms with E-state index in [1.54, 1.807) is 0 Å². The summed E-state index contributed by atoms with van der Waals surface area (Å²) in [5.74, 6) is 0.580. The molecule has 0 radical (unpaired) electrons. The fourth-order valence-corrected chi connectivity index (χ4v) is 1.26. The van der Waals surface area contributed by atoms with Crippen LogP contribution in [0.15, 0.2) is 48.9 Å². The van der Waals surface area contributed by atoms with E-state index in [2.05, 4.69) is 10.3 Å². The van der Waals surface area contributed by atoms with E-state index in [0.29, 0.717) is 12.4 Å². The summed E-state index contributed by atoms with van der Waals surface area (Å²) >= 11 is 0. The van der Waals surface area contributed by atoms with Crippen LogP contribution in [0.5, 0.6) is 0 Å². The van der Waals surface area contributed by atoms with Crippen LogP contribution in [0.4, 0.5) is 5.82 Å². The highest BCUT2D eigenvalue weighted by Crippen LogP contribution is 2.02. The summed E-state index contributed by atoms with van der Waals surface area (Å²) in [7, 11) is 0. The van der Waals surface area contributed by atoms with Crippen molar-refractivity contribution in [2.75, 3.05) is 5.32 Å². The predicted octanol–water partition coefficient (Wildman–Crippen LogP) is 1.33. The molecule has 2 aromatic rings. The SMILES string of the molecule is [O-][n+]1ccnc(NCc2ccccc2)c1. The third kappa shape index (κ3) is 2.67. The minimum atomic E-state index is 0.580. The molecule has 1 N–H and O–H groups in total. The molecule has 1 aromatic carbocycles. The van der Waals surface area contributed by atoms with Gasteiger partial charge in [-0.1, -0.05) is 30.3 Å². The zero-order valence-electron chi connectivity index (χ0n) is 8.13. The maximum Gasteiger partial charge on any atom is 0.222 e.